The van der Waals surface area contributed by atoms with E-state index in [1.807, 2.05) is 6.07 Å². The van der Waals surface area contributed by atoms with Gasteiger partial charge in [-0.3, -0.25) is 4.79 Å². The van der Waals surface area contributed by atoms with Crippen LogP contribution in [-0.2, 0) is 26.5 Å². The molecule has 0 saturated carbocycles. The van der Waals surface area contributed by atoms with Gasteiger partial charge < -0.3 is 5.32 Å². The molecule has 0 saturated heterocycles. The van der Waals surface area contributed by atoms with Crippen molar-refractivity contribution < 1.29 is 35.3 Å². The fourth-order valence-corrected chi connectivity index (χ4v) is 0.850. The summed E-state index contributed by atoms with van der Waals surface area (Å²) in [6.45, 7) is 5.11. The molecule has 5 heteroatoms. The average molecular weight is 260 g/mol. The zero-order chi connectivity index (χ0) is 11.6. The van der Waals surface area contributed by atoms with Crippen LogP contribution in [0.5, 0.6) is 0 Å². The number of benzene rings is 1. The minimum absolute atomic E-state index is 0. The Balaban J connectivity index is 0.00000225. The third-order valence-electron chi connectivity index (χ3n) is 1.79. The van der Waals surface area contributed by atoms with Crippen LogP contribution in [0.4, 0.5) is 14.5 Å². The predicted octanol–water partition coefficient (Wildman–Crippen LogP) is 2.75. The van der Waals surface area contributed by atoms with Crippen LogP contribution in [0.25, 0.3) is 0 Å². The number of hydrogen-bond acceptors (Lipinski definition) is 1. The molecule has 16 heavy (non-hydrogen) atoms. The van der Waals surface area contributed by atoms with Crippen LogP contribution >= 0.6 is 0 Å². The van der Waals surface area contributed by atoms with Gasteiger partial charge in [-0.25, -0.2) is 8.78 Å². The molecule has 0 aliphatic rings. The van der Waals surface area contributed by atoms with E-state index in [0.717, 1.165) is 6.07 Å². The molecule has 86 valence electrons. The molecule has 0 fully saturated rings. The normalized spacial score (nSPS) is 10.6. The molecule has 1 amide bonds. The van der Waals surface area contributed by atoms with Crippen molar-refractivity contribution in [2.45, 2.75) is 20.8 Å². The Hall–Kier alpha value is -0.736. The number of rotatable bonds is 1. The number of carbonyl (C=O) groups is 1. The summed E-state index contributed by atoms with van der Waals surface area (Å²) in [6.07, 6.45) is 0. The SMILES string of the molecule is CC(C)(C)C(=O)Nc1ccc(F)[c-]c1F.[Ti]. The van der Waals surface area contributed by atoms with Crippen LogP contribution in [0, 0.1) is 23.1 Å². The number of amides is 1. The van der Waals surface area contributed by atoms with Gasteiger partial charge >= 0.3 is 0 Å². The molecule has 0 unspecified atom stereocenters. The largest absolute Gasteiger partial charge is 0.376 e. The van der Waals surface area contributed by atoms with Gasteiger partial charge in [-0.05, 0) is 5.69 Å². The van der Waals surface area contributed by atoms with Gasteiger partial charge in [0.25, 0.3) is 0 Å². The van der Waals surface area contributed by atoms with E-state index in [2.05, 4.69) is 5.32 Å². The molecule has 2 nitrogen and oxygen atoms in total. The Morgan fingerprint density at radius 3 is 2.31 bits per heavy atom. The summed E-state index contributed by atoms with van der Waals surface area (Å²) in [5.41, 5.74) is -0.683. The summed E-state index contributed by atoms with van der Waals surface area (Å²) in [4.78, 5) is 11.5. The van der Waals surface area contributed by atoms with Crippen LogP contribution in [0.2, 0.25) is 0 Å². The van der Waals surface area contributed by atoms with Crippen LogP contribution in [0.15, 0.2) is 12.1 Å². The van der Waals surface area contributed by atoms with E-state index in [0.29, 0.717) is 0 Å². The molecule has 0 bridgehead atoms. The molecule has 0 aromatic heterocycles. The first kappa shape index (κ1) is 15.3. The zero-order valence-corrected chi connectivity index (χ0v) is 10.9. The molecule has 0 atom stereocenters. The third kappa shape index (κ3) is 4.02. The first-order valence-electron chi connectivity index (χ1n) is 4.49. The van der Waals surface area contributed by atoms with Crippen LogP contribution in [-0.4, -0.2) is 5.91 Å². The molecular formula is C11H12F2NOTi-. The molecule has 1 N–H and O–H groups in total. The summed E-state index contributed by atoms with van der Waals surface area (Å²) in [5, 5.41) is 2.37. The van der Waals surface area contributed by atoms with Crippen molar-refractivity contribution in [2.75, 3.05) is 5.32 Å². The van der Waals surface area contributed by atoms with E-state index in [9.17, 15) is 13.6 Å². The summed E-state index contributed by atoms with van der Waals surface area (Å²) >= 11 is 0. The fraction of sp³-hybridized carbons (Fsp3) is 0.364. The van der Waals surface area contributed by atoms with Gasteiger partial charge in [0.15, 0.2) is 0 Å². The molecule has 1 aromatic carbocycles. The van der Waals surface area contributed by atoms with Gasteiger partial charge in [-0.15, -0.1) is 18.2 Å². The molecule has 0 aliphatic heterocycles. The Bertz CT molecular complexity index is 388. The van der Waals surface area contributed by atoms with Crippen LogP contribution < -0.4 is 5.32 Å². The third-order valence-corrected chi connectivity index (χ3v) is 1.79. The number of carbonyl (C=O) groups excluding carboxylic acids is 1. The Morgan fingerprint density at radius 2 is 1.88 bits per heavy atom. The molecule has 0 spiro atoms. The molecule has 1 rings (SSSR count). The number of hydrogen-bond donors (Lipinski definition) is 1. The maximum atomic E-state index is 13.1. The Kier molecular flexibility index (Phi) is 5.30. The van der Waals surface area contributed by atoms with Crippen molar-refractivity contribution in [2.24, 2.45) is 5.41 Å². The monoisotopic (exact) mass is 260 g/mol. The summed E-state index contributed by atoms with van der Waals surface area (Å²) in [5.74, 6) is -2.02. The number of nitrogens with one attached hydrogen (secondary N) is 1. The smallest absolute Gasteiger partial charge is 0.218 e. The van der Waals surface area contributed by atoms with Gasteiger partial charge in [0.05, 0.1) is 0 Å². The van der Waals surface area contributed by atoms with Crippen LogP contribution in [0.3, 0.4) is 0 Å². The fourth-order valence-electron chi connectivity index (χ4n) is 0.850. The Morgan fingerprint density at radius 1 is 1.31 bits per heavy atom. The molecular weight excluding hydrogens is 248 g/mol. The summed E-state index contributed by atoms with van der Waals surface area (Å²) in [7, 11) is 0. The van der Waals surface area contributed by atoms with E-state index >= 15 is 0 Å². The predicted molar refractivity (Wildman–Crippen MR) is 53.3 cm³/mol. The second kappa shape index (κ2) is 5.55. The van der Waals surface area contributed by atoms with Crippen molar-refractivity contribution in [3.63, 3.8) is 0 Å². The van der Waals surface area contributed by atoms with Crippen molar-refractivity contribution in [3.8, 4) is 0 Å². The topological polar surface area (TPSA) is 29.1 Å². The number of anilines is 1. The van der Waals surface area contributed by atoms with Gasteiger partial charge in [0.2, 0.25) is 5.91 Å². The van der Waals surface area contributed by atoms with Gasteiger partial charge in [-0.1, -0.05) is 20.8 Å². The molecule has 1 aromatic rings. The maximum absolute atomic E-state index is 13.1. The first-order chi connectivity index (χ1) is 6.80. The van der Waals surface area contributed by atoms with Crippen molar-refractivity contribution in [1.29, 1.82) is 0 Å². The van der Waals surface area contributed by atoms with Crippen molar-refractivity contribution in [3.05, 3.63) is 29.8 Å². The van der Waals surface area contributed by atoms with Crippen molar-refractivity contribution in [1.82, 2.24) is 0 Å². The summed E-state index contributed by atoms with van der Waals surface area (Å²) < 4.78 is 25.6. The summed E-state index contributed by atoms with van der Waals surface area (Å²) in [6, 6.07) is 4.06. The van der Waals surface area contributed by atoms with E-state index in [4.69, 9.17) is 0 Å². The minimum Gasteiger partial charge on any atom is -0.376 e. The van der Waals surface area contributed by atoms with E-state index in [1.54, 1.807) is 20.8 Å². The molecule has 0 aliphatic carbocycles. The first-order valence-corrected chi connectivity index (χ1v) is 4.49. The van der Waals surface area contributed by atoms with Crippen LogP contribution in [0.1, 0.15) is 20.8 Å². The standard InChI is InChI=1S/C11H12F2NO.Ti/c1-11(2,3)10(15)14-9-5-4-7(12)6-8(9)13;/h4-5H,1-3H3,(H,14,15);/q-1;. The van der Waals surface area contributed by atoms with E-state index in [-0.39, 0.29) is 33.3 Å². The zero-order valence-electron chi connectivity index (χ0n) is 9.32. The minimum atomic E-state index is -0.896. The second-order valence-electron chi connectivity index (χ2n) is 4.24. The quantitative estimate of drug-likeness (QED) is 0.610. The van der Waals surface area contributed by atoms with E-state index < -0.39 is 17.0 Å². The van der Waals surface area contributed by atoms with Gasteiger partial charge in [-0.2, -0.15) is 0 Å². The van der Waals surface area contributed by atoms with Gasteiger partial charge in [0, 0.05) is 38.8 Å². The average Bonchev–Trinajstić information content (AvgIpc) is 2.08. The maximum Gasteiger partial charge on any atom is 0.218 e. The molecule has 0 heterocycles. The van der Waals surface area contributed by atoms with E-state index in [1.165, 1.54) is 6.07 Å². The number of halogens is 2. The molecule has 0 radical (unpaired) electrons. The van der Waals surface area contributed by atoms with Gasteiger partial charge in [0.1, 0.15) is 0 Å². The Labute approximate surface area is 108 Å². The van der Waals surface area contributed by atoms with Crippen molar-refractivity contribution >= 4 is 11.6 Å². The second-order valence-corrected chi connectivity index (χ2v) is 4.24.